The van der Waals surface area contributed by atoms with Crippen molar-refractivity contribution in [3.05, 3.63) is 34.6 Å². The van der Waals surface area contributed by atoms with Crippen molar-refractivity contribution in [1.82, 2.24) is 5.32 Å². The Balaban J connectivity index is 0.000000924. The number of imide groups is 1. The number of nitrogens with one attached hydrogen (secondary N) is 1. The lowest BCUT2D eigenvalue weighted by molar-refractivity contribution is -0.137. The summed E-state index contributed by atoms with van der Waals surface area (Å²) in [5.74, 6) is -4.58. The summed E-state index contributed by atoms with van der Waals surface area (Å²) >= 11 is 0. The van der Waals surface area contributed by atoms with E-state index in [1.54, 1.807) is 0 Å². The van der Waals surface area contributed by atoms with Gasteiger partial charge in [-0.05, 0) is 31.0 Å². The van der Waals surface area contributed by atoms with Crippen LogP contribution in [0.3, 0.4) is 0 Å². The summed E-state index contributed by atoms with van der Waals surface area (Å²) in [6.45, 7) is 5.51. The molecule has 0 spiro atoms. The highest BCUT2D eigenvalue weighted by atomic mass is 19.1. The number of hydrogen-bond acceptors (Lipinski definition) is 4. The third-order valence-corrected chi connectivity index (χ3v) is 4.08. The molecular formula is C17H18FNO4. The molecule has 2 atom stereocenters. The van der Waals surface area contributed by atoms with Crippen molar-refractivity contribution in [2.24, 2.45) is 11.8 Å². The molecule has 122 valence electrons. The number of benzene rings is 1. The van der Waals surface area contributed by atoms with Gasteiger partial charge in [0.25, 0.3) is 0 Å². The van der Waals surface area contributed by atoms with E-state index in [1.165, 1.54) is 13.0 Å². The van der Waals surface area contributed by atoms with Crippen molar-refractivity contribution in [2.75, 3.05) is 0 Å². The quantitative estimate of drug-likeness (QED) is 0.636. The standard InChI is InChI=1S/C15H12FNO4.C2H6/c1-6-4-8-9(5-10(6)16)14(20)12(13(8)19)7-2-3-11(18)17-15(7)21;1-2/h4-5,7,12H,2-3H2,1H3,(H,17,18,21);1-2H3. The van der Waals surface area contributed by atoms with Crippen molar-refractivity contribution in [2.45, 2.75) is 33.6 Å². The van der Waals surface area contributed by atoms with Gasteiger partial charge < -0.3 is 0 Å². The van der Waals surface area contributed by atoms with E-state index in [9.17, 15) is 23.6 Å². The summed E-state index contributed by atoms with van der Waals surface area (Å²) in [4.78, 5) is 47.7. The van der Waals surface area contributed by atoms with Crippen LogP contribution in [0.2, 0.25) is 0 Å². The first-order valence-electron chi connectivity index (χ1n) is 7.62. The lowest BCUT2D eigenvalue weighted by Crippen LogP contribution is -2.46. The van der Waals surface area contributed by atoms with Crippen LogP contribution in [-0.4, -0.2) is 23.4 Å². The van der Waals surface area contributed by atoms with E-state index in [0.717, 1.165) is 6.07 Å². The fraction of sp³-hybridized carbons (Fsp3) is 0.412. The van der Waals surface area contributed by atoms with Gasteiger partial charge in [0.2, 0.25) is 11.8 Å². The first-order chi connectivity index (χ1) is 10.9. The second-order valence-electron chi connectivity index (χ2n) is 5.41. The molecule has 2 unspecified atom stereocenters. The lowest BCUT2D eigenvalue weighted by Gasteiger charge is -2.23. The summed E-state index contributed by atoms with van der Waals surface area (Å²) in [5.41, 5.74) is 0.463. The van der Waals surface area contributed by atoms with Crippen molar-refractivity contribution >= 4 is 23.4 Å². The molecule has 2 amide bonds. The van der Waals surface area contributed by atoms with E-state index in [4.69, 9.17) is 0 Å². The van der Waals surface area contributed by atoms with Gasteiger partial charge in [0.15, 0.2) is 11.6 Å². The number of aryl methyl sites for hydroxylation is 1. The molecular weight excluding hydrogens is 301 g/mol. The van der Waals surface area contributed by atoms with Gasteiger partial charge in [0.1, 0.15) is 5.82 Å². The average molecular weight is 319 g/mol. The molecule has 1 aromatic carbocycles. The number of rotatable bonds is 1. The minimum absolute atomic E-state index is 0.0257. The molecule has 1 saturated heterocycles. The number of amides is 2. The van der Waals surface area contributed by atoms with Crippen LogP contribution >= 0.6 is 0 Å². The van der Waals surface area contributed by atoms with Crippen molar-refractivity contribution in [3.63, 3.8) is 0 Å². The number of fused-ring (bicyclic) bond motifs is 1. The number of carbonyl (C=O) groups excluding carboxylic acids is 4. The van der Waals surface area contributed by atoms with Crippen LogP contribution in [0.4, 0.5) is 4.39 Å². The van der Waals surface area contributed by atoms with Crippen molar-refractivity contribution < 1.29 is 23.6 Å². The molecule has 1 aliphatic heterocycles. The zero-order valence-corrected chi connectivity index (χ0v) is 13.2. The van der Waals surface area contributed by atoms with E-state index in [-0.39, 0.29) is 29.5 Å². The van der Waals surface area contributed by atoms with Crippen LogP contribution in [0.1, 0.15) is 53.0 Å². The summed E-state index contributed by atoms with van der Waals surface area (Å²) in [7, 11) is 0. The third-order valence-electron chi connectivity index (χ3n) is 4.08. The Morgan fingerprint density at radius 3 is 2.17 bits per heavy atom. The third kappa shape index (κ3) is 2.81. The molecule has 1 N–H and O–H groups in total. The zero-order chi connectivity index (χ0) is 17.3. The fourth-order valence-corrected chi connectivity index (χ4v) is 2.94. The maximum absolute atomic E-state index is 13.6. The number of Topliss-reactive ketones (excluding diaryl/α,β-unsaturated/α-hetero) is 2. The molecule has 6 heteroatoms. The van der Waals surface area contributed by atoms with Gasteiger partial charge in [0.05, 0.1) is 11.8 Å². The SMILES string of the molecule is CC.Cc1cc2c(cc1F)C(=O)C(C1CCC(=O)NC1=O)C2=O. The molecule has 0 aromatic heterocycles. The second kappa shape index (κ2) is 6.40. The van der Waals surface area contributed by atoms with Crippen LogP contribution in [0.15, 0.2) is 12.1 Å². The highest BCUT2D eigenvalue weighted by molar-refractivity contribution is 6.28. The lowest BCUT2D eigenvalue weighted by atomic mass is 9.82. The van der Waals surface area contributed by atoms with Crippen molar-refractivity contribution in [3.8, 4) is 0 Å². The Hall–Kier alpha value is -2.37. The van der Waals surface area contributed by atoms with E-state index in [1.807, 2.05) is 13.8 Å². The molecule has 1 fully saturated rings. The van der Waals surface area contributed by atoms with Crippen LogP contribution in [-0.2, 0) is 9.59 Å². The molecule has 5 nitrogen and oxygen atoms in total. The number of carbonyl (C=O) groups is 4. The summed E-state index contributed by atoms with van der Waals surface area (Å²) in [6.07, 6.45) is 0.249. The van der Waals surface area contributed by atoms with Crippen LogP contribution in [0.5, 0.6) is 0 Å². The van der Waals surface area contributed by atoms with Gasteiger partial charge in [0, 0.05) is 17.5 Å². The Labute approximate surface area is 133 Å². The maximum atomic E-state index is 13.6. The zero-order valence-electron chi connectivity index (χ0n) is 13.2. The molecule has 0 saturated carbocycles. The highest BCUT2D eigenvalue weighted by Gasteiger charge is 2.47. The summed E-state index contributed by atoms with van der Waals surface area (Å²) in [5, 5.41) is 2.14. The molecule has 1 aliphatic carbocycles. The molecule has 23 heavy (non-hydrogen) atoms. The minimum Gasteiger partial charge on any atom is -0.296 e. The molecule has 0 radical (unpaired) electrons. The summed E-state index contributed by atoms with van der Waals surface area (Å²) in [6, 6.07) is 2.40. The Bertz CT molecular complexity index is 670. The Morgan fingerprint density at radius 1 is 1.04 bits per heavy atom. The van der Waals surface area contributed by atoms with E-state index in [2.05, 4.69) is 5.32 Å². The van der Waals surface area contributed by atoms with Crippen molar-refractivity contribution in [1.29, 1.82) is 0 Å². The number of halogens is 1. The predicted molar refractivity (Wildman–Crippen MR) is 80.5 cm³/mol. The second-order valence-corrected chi connectivity index (χ2v) is 5.41. The maximum Gasteiger partial charge on any atom is 0.230 e. The van der Waals surface area contributed by atoms with E-state index in [0.29, 0.717) is 0 Å². The number of piperidine rings is 1. The molecule has 1 heterocycles. The van der Waals surface area contributed by atoms with Gasteiger partial charge in [-0.1, -0.05) is 13.8 Å². The monoisotopic (exact) mass is 319 g/mol. The fourth-order valence-electron chi connectivity index (χ4n) is 2.94. The minimum atomic E-state index is -1.14. The predicted octanol–water partition coefficient (Wildman–Crippen LogP) is 2.21. The van der Waals surface area contributed by atoms with Gasteiger partial charge in [-0.25, -0.2) is 4.39 Å². The smallest absolute Gasteiger partial charge is 0.230 e. The first-order valence-corrected chi connectivity index (χ1v) is 7.62. The van der Waals surface area contributed by atoms with Crippen LogP contribution in [0.25, 0.3) is 0 Å². The topological polar surface area (TPSA) is 80.3 Å². The Morgan fingerprint density at radius 2 is 1.61 bits per heavy atom. The molecule has 0 bridgehead atoms. The first kappa shape index (κ1) is 17.0. The van der Waals surface area contributed by atoms with Gasteiger partial charge in [-0.15, -0.1) is 0 Å². The van der Waals surface area contributed by atoms with Crippen LogP contribution < -0.4 is 5.32 Å². The van der Waals surface area contributed by atoms with E-state index < -0.39 is 41.0 Å². The summed E-state index contributed by atoms with van der Waals surface area (Å²) < 4.78 is 13.6. The molecule has 1 aromatic rings. The molecule has 2 aliphatic rings. The largest absolute Gasteiger partial charge is 0.296 e. The molecule has 3 rings (SSSR count). The van der Waals surface area contributed by atoms with Gasteiger partial charge >= 0.3 is 0 Å². The van der Waals surface area contributed by atoms with Gasteiger partial charge in [-0.3, -0.25) is 24.5 Å². The van der Waals surface area contributed by atoms with Gasteiger partial charge in [-0.2, -0.15) is 0 Å². The van der Waals surface area contributed by atoms with E-state index >= 15 is 0 Å². The van der Waals surface area contributed by atoms with Crippen LogP contribution in [0, 0.1) is 24.6 Å². The Kier molecular flexibility index (Phi) is 4.73. The number of ketones is 2. The number of hydrogen-bond donors (Lipinski definition) is 1. The normalized spacial score (nSPS) is 23.1. The average Bonchev–Trinajstić information content (AvgIpc) is 2.74. The highest BCUT2D eigenvalue weighted by Crippen LogP contribution is 2.36.